The normalized spacial score (nSPS) is 20.0. The first-order valence-corrected chi connectivity index (χ1v) is 9.03. The van der Waals surface area contributed by atoms with Gasteiger partial charge in [0.2, 0.25) is 5.91 Å². The Morgan fingerprint density at radius 3 is 2.80 bits per heavy atom. The first-order valence-electron chi connectivity index (χ1n) is 8.65. The lowest BCUT2D eigenvalue weighted by molar-refractivity contribution is -0.137. The van der Waals surface area contributed by atoms with Crippen LogP contribution in [0, 0.1) is 12.3 Å². The van der Waals surface area contributed by atoms with E-state index >= 15 is 0 Å². The molecule has 1 N–H and O–H groups in total. The van der Waals surface area contributed by atoms with E-state index in [0.29, 0.717) is 28.8 Å². The van der Waals surface area contributed by atoms with Crippen molar-refractivity contribution in [2.24, 2.45) is 12.5 Å². The molecule has 7 nitrogen and oxygen atoms in total. The number of nitrogens with one attached hydrogen (secondary N) is 1. The molecule has 1 spiro atoms. The number of amides is 1. The molecule has 0 aliphatic carbocycles. The van der Waals surface area contributed by atoms with Crippen molar-refractivity contribution in [3.05, 3.63) is 22.5 Å². The number of hydrogen-bond acceptors (Lipinski definition) is 5. The van der Waals surface area contributed by atoms with E-state index < -0.39 is 0 Å². The van der Waals surface area contributed by atoms with Crippen LogP contribution in [-0.4, -0.2) is 45.4 Å². The van der Waals surface area contributed by atoms with Crippen LogP contribution in [0.1, 0.15) is 30.6 Å². The third-order valence-corrected chi connectivity index (χ3v) is 5.92. The van der Waals surface area contributed by atoms with Crippen LogP contribution in [-0.2, 0) is 18.4 Å². The quantitative estimate of drug-likeness (QED) is 0.904. The topological polar surface area (TPSA) is 76.2 Å². The van der Waals surface area contributed by atoms with Gasteiger partial charge in [-0.25, -0.2) is 0 Å². The summed E-state index contributed by atoms with van der Waals surface area (Å²) in [5, 5.41) is 12.4. The molecule has 0 saturated carbocycles. The number of piperidine rings is 1. The Balaban J connectivity index is 1.62. The van der Waals surface area contributed by atoms with Crippen molar-refractivity contribution in [2.45, 2.75) is 32.7 Å². The monoisotopic (exact) mass is 363 g/mol. The van der Waals surface area contributed by atoms with Crippen molar-refractivity contribution in [3.63, 3.8) is 0 Å². The Morgan fingerprint density at radius 2 is 2.12 bits per heavy atom. The van der Waals surface area contributed by atoms with Crippen molar-refractivity contribution in [1.82, 2.24) is 25.2 Å². The summed E-state index contributed by atoms with van der Waals surface area (Å²) < 4.78 is 6.80. The van der Waals surface area contributed by atoms with Crippen LogP contribution in [0.4, 0.5) is 0 Å². The Morgan fingerprint density at radius 1 is 1.36 bits per heavy atom. The lowest BCUT2D eigenvalue weighted by Crippen LogP contribution is -2.42. The lowest BCUT2D eigenvalue weighted by atomic mass is 9.78. The van der Waals surface area contributed by atoms with Gasteiger partial charge in [-0.05, 0) is 39.3 Å². The number of rotatable bonds is 3. The number of nitrogens with zero attached hydrogens (tertiary/aromatic N) is 4. The summed E-state index contributed by atoms with van der Waals surface area (Å²) in [6, 6.07) is 1.84. The zero-order valence-electron chi connectivity index (χ0n) is 14.5. The van der Waals surface area contributed by atoms with Gasteiger partial charge in [-0.3, -0.25) is 9.48 Å². The van der Waals surface area contributed by atoms with E-state index in [1.165, 1.54) is 0 Å². The average Bonchev–Trinajstić information content (AvgIpc) is 3.24. The summed E-state index contributed by atoms with van der Waals surface area (Å²) in [5.74, 6) is 0.963. The molecular formula is C17H22ClN5O2. The van der Waals surface area contributed by atoms with Crippen LogP contribution in [0.5, 0.6) is 0 Å². The lowest BCUT2D eigenvalue weighted by Gasteiger charge is -2.32. The molecule has 1 amide bonds. The Hall–Kier alpha value is -1.86. The number of aromatic nitrogens is 3. The number of halogens is 1. The zero-order chi connectivity index (χ0) is 17.6. The molecule has 0 atom stereocenters. The van der Waals surface area contributed by atoms with Gasteiger partial charge in [0.15, 0.2) is 0 Å². The molecule has 2 aromatic rings. The van der Waals surface area contributed by atoms with Gasteiger partial charge in [0.25, 0.3) is 0 Å². The molecule has 2 fully saturated rings. The van der Waals surface area contributed by atoms with Gasteiger partial charge in [-0.2, -0.15) is 5.10 Å². The predicted molar refractivity (Wildman–Crippen MR) is 93.0 cm³/mol. The maximum atomic E-state index is 13.1. The second kappa shape index (κ2) is 6.14. The van der Waals surface area contributed by atoms with Gasteiger partial charge in [0.1, 0.15) is 22.3 Å². The fourth-order valence-electron chi connectivity index (χ4n) is 3.97. The minimum Gasteiger partial charge on any atom is -0.361 e. The van der Waals surface area contributed by atoms with Gasteiger partial charge in [-0.15, -0.1) is 0 Å². The highest BCUT2D eigenvalue weighted by Crippen LogP contribution is 2.41. The minimum atomic E-state index is -0.190. The van der Waals surface area contributed by atoms with Gasteiger partial charge in [0.05, 0.1) is 12.0 Å². The largest absolute Gasteiger partial charge is 0.361 e. The van der Waals surface area contributed by atoms with Crippen molar-refractivity contribution in [3.8, 4) is 11.4 Å². The molecule has 4 heterocycles. The van der Waals surface area contributed by atoms with Crippen LogP contribution >= 0.6 is 11.6 Å². The van der Waals surface area contributed by atoms with Gasteiger partial charge in [-0.1, -0.05) is 16.8 Å². The Labute approximate surface area is 151 Å². The van der Waals surface area contributed by atoms with E-state index in [-0.39, 0.29) is 11.3 Å². The van der Waals surface area contributed by atoms with Crippen molar-refractivity contribution in [2.75, 3.05) is 19.6 Å². The van der Waals surface area contributed by atoms with E-state index in [0.717, 1.165) is 44.5 Å². The molecule has 0 bridgehead atoms. The standard InChI is InChI=1S/C17H22ClN5O2/c1-11-9-13(21-25-11)14-12(15(18)22(2)20-14)10-23-8-5-17(16(23)24)3-6-19-7-4-17/h9,19H,3-8,10H2,1-2H3. The van der Waals surface area contributed by atoms with Gasteiger partial charge < -0.3 is 14.7 Å². The maximum absolute atomic E-state index is 13.1. The van der Waals surface area contributed by atoms with Crippen LogP contribution in [0.2, 0.25) is 5.15 Å². The molecular weight excluding hydrogens is 342 g/mol. The first kappa shape index (κ1) is 16.6. The van der Waals surface area contributed by atoms with Crippen molar-refractivity contribution in [1.29, 1.82) is 0 Å². The van der Waals surface area contributed by atoms with Crippen LogP contribution in [0.3, 0.4) is 0 Å². The van der Waals surface area contributed by atoms with Crippen molar-refractivity contribution < 1.29 is 9.32 Å². The van der Waals surface area contributed by atoms with Gasteiger partial charge >= 0.3 is 0 Å². The molecule has 134 valence electrons. The van der Waals surface area contributed by atoms with E-state index in [1.54, 1.807) is 11.7 Å². The fourth-order valence-corrected chi connectivity index (χ4v) is 4.16. The number of aryl methyl sites for hydroxylation is 2. The average molecular weight is 364 g/mol. The third kappa shape index (κ3) is 2.75. The number of likely N-dealkylation sites (tertiary alicyclic amines) is 1. The molecule has 25 heavy (non-hydrogen) atoms. The van der Waals surface area contributed by atoms with Gasteiger partial charge in [0, 0.05) is 25.2 Å². The molecule has 0 aromatic carbocycles. The summed E-state index contributed by atoms with van der Waals surface area (Å²) in [6.07, 6.45) is 2.75. The molecule has 2 saturated heterocycles. The highest BCUT2D eigenvalue weighted by atomic mass is 35.5. The number of carbonyl (C=O) groups excluding carboxylic acids is 1. The Kier molecular flexibility index (Phi) is 4.08. The summed E-state index contributed by atoms with van der Waals surface area (Å²) in [7, 11) is 1.79. The molecule has 0 unspecified atom stereocenters. The third-order valence-electron chi connectivity index (χ3n) is 5.45. The molecule has 8 heteroatoms. The highest BCUT2D eigenvalue weighted by Gasteiger charge is 2.47. The van der Waals surface area contributed by atoms with Crippen LogP contribution in [0.15, 0.2) is 10.6 Å². The summed E-state index contributed by atoms with van der Waals surface area (Å²) in [5.41, 5.74) is 1.98. The minimum absolute atomic E-state index is 0.190. The van der Waals surface area contributed by atoms with E-state index in [9.17, 15) is 4.79 Å². The summed E-state index contributed by atoms with van der Waals surface area (Å²) >= 11 is 6.47. The van der Waals surface area contributed by atoms with E-state index in [4.69, 9.17) is 16.1 Å². The highest BCUT2D eigenvalue weighted by molar-refractivity contribution is 6.30. The SMILES string of the molecule is Cc1cc(-c2nn(C)c(Cl)c2CN2CCC3(CCNCC3)C2=O)no1. The first-order chi connectivity index (χ1) is 12.0. The molecule has 2 aliphatic rings. The summed E-state index contributed by atoms with van der Waals surface area (Å²) in [4.78, 5) is 15.0. The second-order valence-electron chi connectivity index (χ2n) is 7.07. The summed E-state index contributed by atoms with van der Waals surface area (Å²) in [6.45, 7) is 4.89. The van der Waals surface area contributed by atoms with Crippen molar-refractivity contribution >= 4 is 17.5 Å². The van der Waals surface area contributed by atoms with E-state index in [2.05, 4.69) is 15.6 Å². The second-order valence-corrected chi connectivity index (χ2v) is 7.43. The molecule has 2 aliphatic heterocycles. The Bertz CT molecular complexity index is 806. The molecule has 2 aromatic heterocycles. The zero-order valence-corrected chi connectivity index (χ0v) is 15.3. The smallest absolute Gasteiger partial charge is 0.229 e. The number of carbonyl (C=O) groups is 1. The maximum Gasteiger partial charge on any atom is 0.229 e. The van der Waals surface area contributed by atoms with Crippen LogP contribution < -0.4 is 5.32 Å². The van der Waals surface area contributed by atoms with Crippen LogP contribution in [0.25, 0.3) is 11.4 Å². The van der Waals surface area contributed by atoms with E-state index in [1.807, 2.05) is 17.9 Å². The number of hydrogen-bond donors (Lipinski definition) is 1. The molecule has 0 radical (unpaired) electrons. The fraction of sp³-hybridized carbons (Fsp3) is 0.588. The predicted octanol–water partition coefficient (Wildman–Crippen LogP) is 2.14. The molecule has 4 rings (SSSR count).